The second kappa shape index (κ2) is 5.08. The molecule has 5 heteroatoms. The molecule has 1 aromatic rings. The number of rotatable bonds is 2. The Kier molecular flexibility index (Phi) is 3.50. The molecule has 1 aliphatic rings. The third-order valence-corrected chi connectivity index (χ3v) is 3.20. The van der Waals surface area contributed by atoms with Crippen LogP contribution in [0.3, 0.4) is 0 Å². The summed E-state index contributed by atoms with van der Waals surface area (Å²) in [6.45, 7) is 0.407. The Morgan fingerprint density at radius 3 is 2.44 bits per heavy atom. The van der Waals surface area contributed by atoms with E-state index in [1.54, 1.807) is 0 Å². The van der Waals surface area contributed by atoms with Gasteiger partial charge in [0.1, 0.15) is 5.75 Å². The van der Waals surface area contributed by atoms with Crippen LogP contribution in [0.15, 0.2) is 24.3 Å². The molecule has 2 N–H and O–H groups in total. The molecule has 18 heavy (non-hydrogen) atoms. The highest BCUT2D eigenvalue weighted by Crippen LogP contribution is 2.21. The molecular formula is C13H15NO4. The molecule has 2 rings (SSSR count). The van der Waals surface area contributed by atoms with E-state index in [2.05, 4.69) is 0 Å². The molecule has 0 aliphatic carbocycles. The van der Waals surface area contributed by atoms with Crippen molar-refractivity contribution in [3.8, 4) is 5.75 Å². The first-order chi connectivity index (χ1) is 8.59. The van der Waals surface area contributed by atoms with E-state index in [0.717, 1.165) is 12.8 Å². The van der Waals surface area contributed by atoms with Gasteiger partial charge >= 0.3 is 6.09 Å². The minimum absolute atomic E-state index is 0.0882. The monoisotopic (exact) mass is 249 g/mol. The van der Waals surface area contributed by atoms with Gasteiger partial charge in [0.15, 0.2) is 5.78 Å². The number of ketones is 1. The lowest BCUT2D eigenvalue weighted by Gasteiger charge is -2.32. The van der Waals surface area contributed by atoms with E-state index >= 15 is 0 Å². The van der Waals surface area contributed by atoms with Crippen LogP contribution in [0.5, 0.6) is 5.75 Å². The lowest BCUT2D eigenvalue weighted by atomic mass is 9.95. The zero-order chi connectivity index (χ0) is 13.1. The average Bonchev–Trinajstić information content (AvgIpc) is 2.39. The van der Waals surface area contributed by atoms with Crippen LogP contribution in [0.2, 0.25) is 0 Å². The van der Waals surface area contributed by atoms with Gasteiger partial charge in [-0.05, 0) is 43.5 Å². The quantitative estimate of drug-likeness (QED) is 0.787. The Hall–Kier alpha value is -2.04. The SMILES string of the molecule is O=C(c1ccc(O)cc1)[C@@H]1CCCCN1C(=O)O. The van der Waals surface area contributed by atoms with Crippen molar-refractivity contribution in [3.05, 3.63) is 29.8 Å². The number of nitrogens with zero attached hydrogens (tertiary/aromatic N) is 1. The van der Waals surface area contributed by atoms with Gasteiger partial charge in [-0.3, -0.25) is 9.69 Å². The molecule has 0 radical (unpaired) electrons. The van der Waals surface area contributed by atoms with Gasteiger partial charge in [0.25, 0.3) is 0 Å². The molecule has 1 heterocycles. The van der Waals surface area contributed by atoms with Crippen LogP contribution in [-0.4, -0.2) is 39.6 Å². The van der Waals surface area contributed by atoms with Gasteiger partial charge in [0.2, 0.25) is 0 Å². The minimum atomic E-state index is -1.05. The number of carbonyl (C=O) groups excluding carboxylic acids is 1. The predicted octanol–water partition coefficient (Wildman–Crippen LogP) is 2.11. The number of carbonyl (C=O) groups is 2. The van der Waals surface area contributed by atoms with Gasteiger partial charge in [-0.15, -0.1) is 0 Å². The van der Waals surface area contributed by atoms with E-state index in [0.29, 0.717) is 18.5 Å². The van der Waals surface area contributed by atoms with Crippen molar-refractivity contribution >= 4 is 11.9 Å². The standard InChI is InChI=1S/C13H15NO4/c15-10-6-4-9(5-7-10)12(16)11-3-1-2-8-14(11)13(17)18/h4-7,11,15H,1-3,8H2,(H,17,18)/t11-/m0/s1. The van der Waals surface area contributed by atoms with Crippen LogP contribution >= 0.6 is 0 Å². The largest absolute Gasteiger partial charge is 0.508 e. The van der Waals surface area contributed by atoms with E-state index in [9.17, 15) is 14.7 Å². The highest BCUT2D eigenvalue weighted by Gasteiger charge is 2.32. The Labute approximate surface area is 105 Å². The molecule has 1 aromatic carbocycles. The second-order valence-corrected chi connectivity index (χ2v) is 4.40. The summed E-state index contributed by atoms with van der Waals surface area (Å²) >= 11 is 0. The first kappa shape index (κ1) is 12.4. The summed E-state index contributed by atoms with van der Waals surface area (Å²) in [5.41, 5.74) is 0.436. The highest BCUT2D eigenvalue weighted by atomic mass is 16.4. The molecular weight excluding hydrogens is 234 g/mol. The fourth-order valence-electron chi connectivity index (χ4n) is 2.25. The van der Waals surface area contributed by atoms with E-state index in [-0.39, 0.29) is 11.5 Å². The number of aromatic hydroxyl groups is 1. The van der Waals surface area contributed by atoms with Crippen LogP contribution in [0.25, 0.3) is 0 Å². The van der Waals surface area contributed by atoms with Crippen LogP contribution < -0.4 is 0 Å². The predicted molar refractivity (Wildman–Crippen MR) is 64.8 cm³/mol. The number of Topliss-reactive ketones (excluding diaryl/α,β-unsaturated/α-hetero) is 1. The van der Waals surface area contributed by atoms with Crippen molar-refractivity contribution < 1.29 is 19.8 Å². The summed E-state index contributed by atoms with van der Waals surface area (Å²) in [6, 6.07) is 5.31. The molecule has 96 valence electrons. The number of benzene rings is 1. The van der Waals surface area contributed by atoms with E-state index in [1.807, 2.05) is 0 Å². The lowest BCUT2D eigenvalue weighted by molar-refractivity contribution is 0.0714. The third-order valence-electron chi connectivity index (χ3n) is 3.20. The zero-order valence-electron chi connectivity index (χ0n) is 9.87. The Bertz CT molecular complexity index is 455. The normalized spacial score (nSPS) is 19.6. The second-order valence-electron chi connectivity index (χ2n) is 4.40. The van der Waals surface area contributed by atoms with Crippen molar-refractivity contribution in [2.75, 3.05) is 6.54 Å². The highest BCUT2D eigenvalue weighted by molar-refractivity contribution is 6.01. The molecule has 1 saturated heterocycles. The van der Waals surface area contributed by atoms with Crippen LogP contribution in [0, 0.1) is 0 Å². The van der Waals surface area contributed by atoms with Gasteiger partial charge in [0.05, 0.1) is 6.04 Å². The van der Waals surface area contributed by atoms with Crippen LogP contribution in [0.1, 0.15) is 29.6 Å². The fourth-order valence-corrected chi connectivity index (χ4v) is 2.25. The van der Waals surface area contributed by atoms with E-state index in [1.165, 1.54) is 29.2 Å². The molecule has 0 bridgehead atoms. The molecule has 1 aliphatic heterocycles. The van der Waals surface area contributed by atoms with Crippen molar-refractivity contribution in [1.82, 2.24) is 4.90 Å². The molecule has 1 fully saturated rings. The number of hydrogen-bond donors (Lipinski definition) is 2. The molecule has 0 unspecified atom stereocenters. The maximum absolute atomic E-state index is 12.2. The van der Waals surface area contributed by atoms with Crippen molar-refractivity contribution in [2.45, 2.75) is 25.3 Å². The summed E-state index contributed by atoms with van der Waals surface area (Å²) in [6.07, 6.45) is 1.17. The summed E-state index contributed by atoms with van der Waals surface area (Å²) in [7, 11) is 0. The van der Waals surface area contributed by atoms with Crippen LogP contribution in [-0.2, 0) is 0 Å². The number of hydrogen-bond acceptors (Lipinski definition) is 3. The average molecular weight is 249 g/mol. The van der Waals surface area contributed by atoms with Gasteiger partial charge in [-0.2, -0.15) is 0 Å². The smallest absolute Gasteiger partial charge is 0.407 e. The van der Waals surface area contributed by atoms with Gasteiger partial charge in [-0.25, -0.2) is 4.79 Å². The number of piperidine rings is 1. The van der Waals surface area contributed by atoms with Crippen molar-refractivity contribution in [1.29, 1.82) is 0 Å². The third kappa shape index (κ3) is 2.45. The van der Waals surface area contributed by atoms with E-state index < -0.39 is 12.1 Å². The van der Waals surface area contributed by atoms with Crippen molar-refractivity contribution in [2.24, 2.45) is 0 Å². The molecule has 0 aromatic heterocycles. The molecule has 0 saturated carbocycles. The van der Waals surface area contributed by atoms with Gasteiger partial charge in [-0.1, -0.05) is 0 Å². The minimum Gasteiger partial charge on any atom is -0.508 e. The Morgan fingerprint density at radius 1 is 1.17 bits per heavy atom. The lowest BCUT2D eigenvalue weighted by Crippen LogP contribution is -2.47. The number of likely N-dealkylation sites (tertiary alicyclic amines) is 1. The summed E-state index contributed by atoms with van der Waals surface area (Å²) in [5.74, 6) is -0.109. The molecule has 0 spiro atoms. The molecule has 1 atom stereocenters. The number of phenolic OH excluding ortho intramolecular Hbond substituents is 1. The number of amides is 1. The zero-order valence-corrected chi connectivity index (χ0v) is 9.87. The summed E-state index contributed by atoms with van der Waals surface area (Å²) in [5, 5.41) is 18.3. The van der Waals surface area contributed by atoms with Crippen LogP contribution in [0.4, 0.5) is 4.79 Å². The summed E-state index contributed by atoms with van der Waals surface area (Å²) < 4.78 is 0. The molecule has 1 amide bonds. The first-order valence-electron chi connectivity index (χ1n) is 5.92. The Balaban J connectivity index is 2.20. The molecule has 5 nitrogen and oxygen atoms in total. The first-order valence-corrected chi connectivity index (χ1v) is 5.92. The fraction of sp³-hybridized carbons (Fsp3) is 0.385. The topological polar surface area (TPSA) is 77.8 Å². The van der Waals surface area contributed by atoms with E-state index in [4.69, 9.17) is 5.11 Å². The maximum atomic E-state index is 12.2. The Morgan fingerprint density at radius 2 is 1.83 bits per heavy atom. The maximum Gasteiger partial charge on any atom is 0.407 e. The van der Waals surface area contributed by atoms with Gasteiger partial charge in [0, 0.05) is 12.1 Å². The number of phenols is 1. The summed E-state index contributed by atoms with van der Waals surface area (Å²) in [4.78, 5) is 24.5. The van der Waals surface area contributed by atoms with Crippen molar-refractivity contribution in [3.63, 3.8) is 0 Å². The number of carboxylic acid groups (broad SMARTS) is 1. The van der Waals surface area contributed by atoms with Gasteiger partial charge < -0.3 is 10.2 Å².